The molecule has 0 radical (unpaired) electrons. The number of sulfonamides is 1. The average Bonchev–Trinajstić information content (AvgIpc) is 2.89. The molecule has 2 fully saturated rings. The van der Waals surface area contributed by atoms with E-state index in [2.05, 4.69) is 5.32 Å². The molecule has 0 bridgehead atoms. The topological polar surface area (TPSA) is 75.7 Å². The quantitative estimate of drug-likeness (QED) is 0.802. The lowest BCUT2D eigenvalue weighted by Gasteiger charge is -2.31. The Balaban J connectivity index is 1.73. The van der Waals surface area contributed by atoms with E-state index in [4.69, 9.17) is 4.74 Å². The number of carbonyl (C=O) groups excluding carboxylic acids is 1. The van der Waals surface area contributed by atoms with Gasteiger partial charge in [0, 0.05) is 32.2 Å². The number of piperidine rings is 1. The number of ether oxygens (including phenoxy) is 1. The Labute approximate surface area is 120 Å². The van der Waals surface area contributed by atoms with E-state index in [0.717, 1.165) is 38.7 Å². The minimum absolute atomic E-state index is 0.000788. The fraction of sp³-hybridized carbons (Fsp3) is 0.923. The third-order valence-electron chi connectivity index (χ3n) is 3.94. The van der Waals surface area contributed by atoms with E-state index < -0.39 is 10.0 Å². The van der Waals surface area contributed by atoms with Crippen LogP contribution in [-0.4, -0.2) is 56.7 Å². The van der Waals surface area contributed by atoms with Gasteiger partial charge in [-0.25, -0.2) is 12.7 Å². The molecule has 0 aliphatic carbocycles. The summed E-state index contributed by atoms with van der Waals surface area (Å²) in [5.41, 5.74) is 0. The first-order valence-electron chi connectivity index (χ1n) is 7.31. The van der Waals surface area contributed by atoms with Crippen LogP contribution in [0.3, 0.4) is 0 Å². The lowest BCUT2D eigenvalue weighted by atomic mass is 10.1. The summed E-state index contributed by atoms with van der Waals surface area (Å²) in [6.45, 7) is 1.75. The van der Waals surface area contributed by atoms with Crippen LogP contribution in [0.2, 0.25) is 0 Å². The summed E-state index contributed by atoms with van der Waals surface area (Å²) in [6.07, 6.45) is 6.42. The summed E-state index contributed by atoms with van der Waals surface area (Å²) in [6, 6.07) is -0.0597. The van der Waals surface area contributed by atoms with Gasteiger partial charge in [0.05, 0.1) is 12.4 Å². The van der Waals surface area contributed by atoms with Crippen LogP contribution in [-0.2, 0) is 19.6 Å². The maximum Gasteiger partial charge on any atom is 0.220 e. The van der Waals surface area contributed by atoms with Gasteiger partial charge in [-0.2, -0.15) is 0 Å². The maximum absolute atomic E-state index is 11.9. The van der Waals surface area contributed by atoms with Crippen molar-refractivity contribution in [3.05, 3.63) is 0 Å². The first-order chi connectivity index (χ1) is 9.45. The van der Waals surface area contributed by atoms with Crippen LogP contribution in [0.5, 0.6) is 0 Å². The maximum atomic E-state index is 11.9. The van der Waals surface area contributed by atoms with Gasteiger partial charge in [-0.3, -0.25) is 4.79 Å². The zero-order valence-corrected chi connectivity index (χ0v) is 12.8. The lowest BCUT2D eigenvalue weighted by molar-refractivity contribution is -0.122. The van der Waals surface area contributed by atoms with Crippen molar-refractivity contribution in [2.24, 2.45) is 0 Å². The molecule has 0 spiro atoms. The van der Waals surface area contributed by atoms with Gasteiger partial charge in [0.2, 0.25) is 15.9 Å². The summed E-state index contributed by atoms with van der Waals surface area (Å²) in [5.74, 6) is 0.000788. The summed E-state index contributed by atoms with van der Waals surface area (Å²) in [5, 5.41) is 2.94. The molecule has 1 amide bonds. The smallest absolute Gasteiger partial charge is 0.220 e. The van der Waals surface area contributed by atoms with Crippen molar-refractivity contribution in [1.29, 1.82) is 0 Å². The largest absolute Gasteiger partial charge is 0.378 e. The number of nitrogens with zero attached hydrogens (tertiary/aromatic N) is 1. The fourth-order valence-corrected chi connectivity index (χ4v) is 3.74. The molecular formula is C13H24N2O4S. The normalized spacial score (nSPS) is 28.4. The van der Waals surface area contributed by atoms with Gasteiger partial charge in [0.15, 0.2) is 0 Å². The standard InChI is InChI=1S/C13H24N2O4S/c1-20(17,18)15-8-2-4-11(10-15)14-13(16)7-6-12-5-3-9-19-12/h11-12H,2-10H2,1H3,(H,14,16). The van der Waals surface area contributed by atoms with Crippen LogP contribution in [0.4, 0.5) is 0 Å². The first kappa shape index (κ1) is 15.7. The number of hydrogen-bond acceptors (Lipinski definition) is 4. The van der Waals surface area contributed by atoms with Gasteiger partial charge in [-0.05, 0) is 32.1 Å². The number of hydrogen-bond donors (Lipinski definition) is 1. The van der Waals surface area contributed by atoms with E-state index in [1.165, 1.54) is 10.6 Å². The zero-order valence-electron chi connectivity index (χ0n) is 12.0. The third kappa shape index (κ3) is 4.71. The van der Waals surface area contributed by atoms with E-state index >= 15 is 0 Å². The Kier molecular flexibility index (Phi) is 5.40. The Hall–Kier alpha value is -0.660. The van der Waals surface area contributed by atoms with Crippen LogP contribution < -0.4 is 5.32 Å². The summed E-state index contributed by atoms with van der Waals surface area (Å²) in [4.78, 5) is 11.9. The summed E-state index contributed by atoms with van der Waals surface area (Å²) >= 11 is 0. The highest BCUT2D eigenvalue weighted by Crippen LogP contribution is 2.17. The number of rotatable bonds is 5. The van der Waals surface area contributed by atoms with Gasteiger partial charge in [0.25, 0.3) is 0 Å². The third-order valence-corrected chi connectivity index (χ3v) is 5.21. The Morgan fingerprint density at radius 2 is 2.15 bits per heavy atom. The van der Waals surface area contributed by atoms with Crippen molar-refractivity contribution in [3.8, 4) is 0 Å². The molecule has 2 heterocycles. The van der Waals surface area contributed by atoms with Crippen LogP contribution >= 0.6 is 0 Å². The Morgan fingerprint density at radius 1 is 1.35 bits per heavy atom. The SMILES string of the molecule is CS(=O)(=O)N1CCCC(NC(=O)CCC2CCCO2)C1. The van der Waals surface area contributed by atoms with Crippen molar-refractivity contribution in [2.75, 3.05) is 26.0 Å². The Morgan fingerprint density at radius 3 is 2.80 bits per heavy atom. The predicted molar refractivity (Wildman–Crippen MR) is 75.8 cm³/mol. The van der Waals surface area contributed by atoms with Gasteiger partial charge < -0.3 is 10.1 Å². The number of carbonyl (C=O) groups is 1. The van der Waals surface area contributed by atoms with Crippen molar-refractivity contribution in [2.45, 2.75) is 50.7 Å². The molecule has 2 rings (SSSR count). The highest BCUT2D eigenvalue weighted by molar-refractivity contribution is 7.88. The van der Waals surface area contributed by atoms with Crippen molar-refractivity contribution in [3.63, 3.8) is 0 Å². The van der Waals surface area contributed by atoms with E-state index in [1.54, 1.807) is 0 Å². The molecule has 2 atom stereocenters. The predicted octanol–water partition coefficient (Wildman–Crippen LogP) is 0.486. The van der Waals surface area contributed by atoms with Gasteiger partial charge in [0.1, 0.15) is 0 Å². The zero-order chi connectivity index (χ0) is 14.6. The van der Waals surface area contributed by atoms with Crippen LogP contribution in [0.1, 0.15) is 38.5 Å². The molecule has 0 aromatic carbocycles. The molecule has 6 nitrogen and oxygen atoms in total. The monoisotopic (exact) mass is 304 g/mol. The van der Waals surface area contributed by atoms with E-state index in [9.17, 15) is 13.2 Å². The second kappa shape index (κ2) is 6.87. The molecule has 20 heavy (non-hydrogen) atoms. The van der Waals surface area contributed by atoms with E-state index in [0.29, 0.717) is 19.5 Å². The fourth-order valence-electron chi connectivity index (χ4n) is 2.83. The van der Waals surface area contributed by atoms with E-state index in [-0.39, 0.29) is 18.1 Å². The van der Waals surface area contributed by atoms with Crippen molar-refractivity contribution in [1.82, 2.24) is 9.62 Å². The van der Waals surface area contributed by atoms with Gasteiger partial charge in [-0.1, -0.05) is 0 Å². The van der Waals surface area contributed by atoms with Gasteiger partial charge >= 0.3 is 0 Å². The minimum atomic E-state index is -3.16. The first-order valence-corrected chi connectivity index (χ1v) is 9.16. The highest BCUT2D eigenvalue weighted by Gasteiger charge is 2.27. The van der Waals surface area contributed by atoms with Crippen LogP contribution in [0.15, 0.2) is 0 Å². The molecule has 2 unspecified atom stereocenters. The average molecular weight is 304 g/mol. The second-order valence-electron chi connectivity index (χ2n) is 5.70. The molecule has 0 aromatic heterocycles. The molecule has 1 N–H and O–H groups in total. The summed E-state index contributed by atoms with van der Waals surface area (Å²) in [7, 11) is -3.16. The molecule has 0 aromatic rings. The number of amides is 1. The lowest BCUT2D eigenvalue weighted by Crippen LogP contribution is -2.49. The van der Waals surface area contributed by atoms with E-state index in [1.807, 2.05) is 0 Å². The number of nitrogens with one attached hydrogen (secondary N) is 1. The molecule has 0 saturated carbocycles. The minimum Gasteiger partial charge on any atom is -0.378 e. The molecule has 7 heteroatoms. The Bertz CT molecular complexity index is 432. The van der Waals surface area contributed by atoms with Gasteiger partial charge in [-0.15, -0.1) is 0 Å². The molecule has 2 saturated heterocycles. The summed E-state index contributed by atoms with van der Waals surface area (Å²) < 4.78 is 30.0. The highest BCUT2D eigenvalue weighted by atomic mass is 32.2. The van der Waals surface area contributed by atoms with Crippen LogP contribution in [0.25, 0.3) is 0 Å². The molecule has 2 aliphatic heterocycles. The molecule has 2 aliphatic rings. The van der Waals surface area contributed by atoms with Crippen LogP contribution in [0, 0.1) is 0 Å². The molecular weight excluding hydrogens is 280 g/mol. The second-order valence-corrected chi connectivity index (χ2v) is 7.68. The molecule has 116 valence electrons. The van der Waals surface area contributed by atoms with Crippen molar-refractivity contribution >= 4 is 15.9 Å². The van der Waals surface area contributed by atoms with Crippen molar-refractivity contribution < 1.29 is 17.9 Å².